The van der Waals surface area contributed by atoms with E-state index < -0.39 is 6.04 Å². The number of rotatable bonds is 9. The maximum absolute atomic E-state index is 13.4. The van der Waals surface area contributed by atoms with Crippen LogP contribution in [0.3, 0.4) is 0 Å². The Morgan fingerprint density at radius 2 is 1.92 bits per heavy atom. The van der Waals surface area contributed by atoms with Crippen molar-refractivity contribution in [3.05, 3.63) is 72.2 Å². The van der Waals surface area contributed by atoms with Crippen molar-refractivity contribution in [1.29, 1.82) is 0 Å². The highest BCUT2D eigenvalue weighted by Gasteiger charge is 2.42. The molecule has 0 aliphatic carbocycles. The second-order valence-corrected chi connectivity index (χ2v) is 9.46. The minimum absolute atomic E-state index is 0.0350. The first-order valence-corrected chi connectivity index (χ1v) is 13.0. The van der Waals surface area contributed by atoms with Crippen LogP contribution in [0.4, 0.5) is 11.4 Å². The monoisotopic (exact) mass is 547 g/mol. The molecule has 12 heteroatoms. The first-order valence-electron chi connectivity index (χ1n) is 12.0. The van der Waals surface area contributed by atoms with E-state index in [0.29, 0.717) is 45.2 Å². The molecule has 5 rings (SSSR count). The maximum atomic E-state index is 13.4. The normalized spacial score (nSPS) is 15.6. The lowest BCUT2D eigenvalue weighted by Gasteiger charge is -2.25. The van der Waals surface area contributed by atoms with Crippen molar-refractivity contribution in [1.82, 2.24) is 10.2 Å². The lowest BCUT2D eigenvalue weighted by atomic mass is 10.1. The van der Waals surface area contributed by atoms with Gasteiger partial charge in [-0.05, 0) is 36.4 Å². The van der Waals surface area contributed by atoms with Gasteiger partial charge in [0.25, 0.3) is 5.91 Å². The van der Waals surface area contributed by atoms with Gasteiger partial charge in [0.1, 0.15) is 29.1 Å². The summed E-state index contributed by atoms with van der Waals surface area (Å²) in [7, 11) is 3.04. The highest BCUT2D eigenvalue weighted by atomic mass is 32.2. The van der Waals surface area contributed by atoms with Gasteiger partial charge in [0.2, 0.25) is 11.8 Å². The minimum Gasteiger partial charge on any atom is -0.497 e. The summed E-state index contributed by atoms with van der Waals surface area (Å²) in [6, 6.07) is 14.9. The number of para-hydroxylation sites is 1. The van der Waals surface area contributed by atoms with Crippen molar-refractivity contribution >= 4 is 51.9 Å². The van der Waals surface area contributed by atoms with Gasteiger partial charge in [-0.3, -0.25) is 19.4 Å². The molecule has 2 aliphatic rings. The minimum atomic E-state index is -0.913. The first kappa shape index (κ1) is 26.0. The van der Waals surface area contributed by atoms with E-state index in [9.17, 15) is 14.4 Å². The van der Waals surface area contributed by atoms with E-state index in [4.69, 9.17) is 13.9 Å². The number of amidine groups is 2. The van der Waals surface area contributed by atoms with E-state index in [1.54, 1.807) is 30.3 Å². The summed E-state index contributed by atoms with van der Waals surface area (Å²) in [6.45, 7) is 0.214. The molecule has 0 saturated heterocycles. The van der Waals surface area contributed by atoms with Gasteiger partial charge >= 0.3 is 0 Å². The fourth-order valence-electron chi connectivity index (χ4n) is 4.11. The number of thioether (sulfide) groups is 1. The van der Waals surface area contributed by atoms with Gasteiger partial charge in [-0.25, -0.2) is 9.89 Å². The van der Waals surface area contributed by atoms with Crippen LogP contribution in [0.5, 0.6) is 11.5 Å². The zero-order valence-electron chi connectivity index (χ0n) is 21.2. The molecule has 2 aliphatic heterocycles. The molecule has 200 valence electrons. The van der Waals surface area contributed by atoms with Crippen LogP contribution in [0.25, 0.3) is 0 Å². The van der Waals surface area contributed by atoms with Gasteiger partial charge in [-0.15, -0.1) is 0 Å². The van der Waals surface area contributed by atoms with Crippen molar-refractivity contribution in [3.63, 3.8) is 0 Å². The standard InChI is InChI=1S/C27H25N5O6S/c1-36-16-9-10-22(37-2)20(12-16)29-24(34)15-39-27-31-19-8-4-3-7-18(19)25-30-21(26(35)32(25)27)13-23(33)28-14-17-6-5-11-38-17/h3-12,21H,13-15H2,1-2H3,(H,28,33)(H,29,34)/t21-/m1/s1. The Balaban J connectivity index is 1.29. The largest absolute Gasteiger partial charge is 0.497 e. The van der Waals surface area contributed by atoms with Gasteiger partial charge in [0.05, 0.1) is 50.6 Å². The second kappa shape index (κ2) is 11.4. The van der Waals surface area contributed by atoms with Crippen molar-refractivity contribution in [2.75, 3.05) is 25.3 Å². The van der Waals surface area contributed by atoms with Crippen molar-refractivity contribution in [3.8, 4) is 11.5 Å². The molecule has 0 spiro atoms. The molecule has 3 amide bonds. The summed E-state index contributed by atoms with van der Waals surface area (Å²) in [6.07, 6.45) is 1.39. The van der Waals surface area contributed by atoms with Crippen molar-refractivity contribution in [2.45, 2.75) is 19.0 Å². The molecule has 0 bridgehead atoms. The lowest BCUT2D eigenvalue weighted by molar-refractivity contribution is -0.128. The molecule has 11 nitrogen and oxygen atoms in total. The zero-order valence-corrected chi connectivity index (χ0v) is 22.0. The van der Waals surface area contributed by atoms with E-state index in [1.165, 1.54) is 25.4 Å². The Kier molecular flexibility index (Phi) is 7.64. The average molecular weight is 548 g/mol. The number of carbonyl (C=O) groups is 3. The number of methoxy groups -OCH3 is 2. The molecular weight excluding hydrogens is 522 g/mol. The molecule has 2 aromatic carbocycles. The summed E-state index contributed by atoms with van der Waals surface area (Å²) in [5.74, 6) is 0.986. The van der Waals surface area contributed by atoms with Crippen molar-refractivity contribution in [2.24, 2.45) is 9.98 Å². The molecule has 3 aromatic rings. The molecule has 39 heavy (non-hydrogen) atoms. The van der Waals surface area contributed by atoms with Crippen LogP contribution in [0.2, 0.25) is 0 Å². The number of carbonyl (C=O) groups excluding carboxylic acids is 3. The van der Waals surface area contributed by atoms with Crippen LogP contribution in [-0.2, 0) is 20.9 Å². The number of anilines is 1. The number of nitrogens with one attached hydrogen (secondary N) is 2. The van der Waals surface area contributed by atoms with E-state index in [0.717, 1.165) is 11.8 Å². The van der Waals surface area contributed by atoms with Gasteiger partial charge < -0.3 is 24.5 Å². The van der Waals surface area contributed by atoms with Crippen LogP contribution in [-0.4, -0.2) is 59.6 Å². The van der Waals surface area contributed by atoms with Gasteiger partial charge in [0, 0.05) is 11.6 Å². The molecule has 0 unspecified atom stereocenters. The third-order valence-electron chi connectivity index (χ3n) is 5.98. The molecule has 3 heterocycles. The quantitative estimate of drug-likeness (QED) is 0.420. The fraction of sp³-hybridized carbons (Fsp3) is 0.222. The summed E-state index contributed by atoms with van der Waals surface area (Å²) in [5, 5.41) is 5.87. The highest BCUT2D eigenvalue weighted by Crippen LogP contribution is 2.34. The Morgan fingerprint density at radius 1 is 1.08 bits per heavy atom. The number of hydrogen-bond acceptors (Lipinski definition) is 9. The number of hydrogen-bond donors (Lipinski definition) is 2. The van der Waals surface area contributed by atoms with Crippen molar-refractivity contribution < 1.29 is 28.3 Å². The Morgan fingerprint density at radius 3 is 2.69 bits per heavy atom. The molecule has 0 saturated carbocycles. The average Bonchev–Trinajstić information content (AvgIpc) is 3.59. The van der Waals surface area contributed by atoms with Gasteiger partial charge in [-0.1, -0.05) is 23.9 Å². The van der Waals surface area contributed by atoms with Crippen LogP contribution >= 0.6 is 11.8 Å². The summed E-state index contributed by atoms with van der Waals surface area (Å²) in [5.41, 5.74) is 1.76. The fourth-order valence-corrected chi connectivity index (χ4v) is 4.91. The van der Waals surface area contributed by atoms with Crippen LogP contribution in [0.1, 0.15) is 17.7 Å². The zero-order chi connectivity index (χ0) is 27.4. The Labute approximate surface area is 228 Å². The molecule has 1 atom stereocenters. The second-order valence-electron chi connectivity index (χ2n) is 8.52. The molecule has 0 radical (unpaired) electrons. The van der Waals surface area contributed by atoms with E-state index in [-0.39, 0.29) is 36.4 Å². The number of aliphatic imine (C=N–C) groups is 2. The van der Waals surface area contributed by atoms with Crippen LogP contribution < -0.4 is 20.1 Å². The van der Waals surface area contributed by atoms with Gasteiger partial charge in [-0.2, -0.15) is 0 Å². The lowest BCUT2D eigenvalue weighted by Crippen LogP contribution is -2.42. The smallest absolute Gasteiger partial charge is 0.259 e. The third kappa shape index (κ3) is 5.65. The first-order chi connectivity index (χ1) is 19.0. The topological polar surface area (TPSA) is 135 Å². The predicted octanol–water partition coefficient (Wildman–Crippen LogP) is 3.33. The number of fused-ring (bicyclic) bond motifs is 3. The molecule has 1 aromatic heterocycles. The summed E-state index contributed by atoms with van der Waals surface area (Å²) < 4.78 is 15.8. The summed E-state index contributed by atoms with van der Waals surface area (Å²) >= 11 is 1.10. The summed E-state index contributed by atoms with van der Waals surface area (Å²) in [4.78, 5) is 49.4. The number of ether oxygens (including phenoxy) is 2. The number of nitrogens with zero attached hydrogens (tertiary/aromatic N) is 3. The maximum Gasteiger partial charge on any atom is 0.259 e. The number of benzene rings is 2. The van der Waals surface area contributed by atoms with E-state index in [1.807, 2.05) is 24.3 Å². The molecular formula is C27H25N5O6S. The SMILES string of the molecule is COc1ccc(OC)c(NC(=O)CSC2=Nc3ccccc3C3=N[C@H](CC(=O)NCc4ccco4)C(=O)N23)c1. The molecule has 2 N–H and O–H groups in total. The Bertz CT molecular complexity index is 1470. The number of amides is 3. The third-order valence-corrected chi connectivity index (χ3v) is 6.92. The van der Waals surface area contributed by atoms with Crippen LogP contribution in [0.15, 0.2) is 75.3 Å². The van der Waals surface area contributed by atoms with E-state index >= 15 is 0 Å². The highest BCUT2D eigenvalue weighted by molar-refractivity contribution is 8.14. The van der Waals surface area contributed by atoms with Gasteiger partial charge in [0.15, 0.2) is 5.17 Å². The van der Waals surface area contributed by atoms with E-state index in [2.05, 4.69) is 20.6 Å². The van der Waals surface area contributed by atoms with Crippen LogP contribution in [0, 0.1) is 0 Å². The Hall–Kier alpha value is -4.58. The predicted molar refractivity (Wildman–Crippen MR) is 147 cm³/mol. The number of furan rings is 1. The molecule has 0 fully saturated rings.